The van der Waals surface area contributed by atoms with E-state index in [4.69, 9.17) is 0 Å². The Morgan fingerprint density at radius 2 is 1.95 bits per heavy atom. The van der Waals surface area contributed by atoms with Gasteiger partial charge in [-0.1, -0.05) is 0 Å². The zero-order valence-electron chi connectivity index (χ0n) is 11.2. The topological polar surface area (TPSA) is 64.0 Å². The summed E-state index contributed by atoms with van der Waals surface area (Å²) in [4.78, 5) is 0. The SMILES string of the molecule is O=S(=O)(NCCn1nc(C(F)(F)F)cc1C1CC1)C1CC1. The number of rotatable bonds is 6. The molecular weight excluding hydrogens is 307 g/mol. The summed E-state index contributed by atoms with van der Waals surface area (Å²) in [6, 6.07) is 1.08. The molecule has 0 atom stereocenters. The van der Waals surface area contributed by atoms with Crippen LogP contribution in [0.5, 0.6) is 0 Å². The van der Waals surface area contributed by atoms with E-state index in [1.165, 1.54) is 4.68 Å². The van der Waals surface area contributed by atoms with E-state index in [9.17, 15) is 21.6 Å². The highest BCUT2D eigenvalue weighted by molar-refractivity contribution is 7.90. The second-order valence-corrected chi connectivity index (χ2v) is 7.63. The summed E-state index contributed by atoms with van der Waals surface area (Å²) >= 11 is 0. The molecule has 0 radical (unpaired) electrons. The molecule has 118 valence electrons. The molecular formula is C12H16F3N3O2S. The number of hydrogen-bond acceptors (Lipinski definition) is 3. The Balaban J connectivity index is 1.68. The van der Waals surface area contributed by atoms with Crippen LogP contribution in [-0.2, 0) is 22.7 Å². The van der Waals surface area contributed by atoms with Crippen LogP contribution in [0.15, 0.2) is 6.07 Å². The third-order valence-electron chi connectivity index (χ3n) is 3.69. The Hall–Kier alpha value is -1.09. The van der Waals surface area contributed by atoms with Crippen LogP contribution in [0, 0.1) is 0 Å². The fraction of sp³-hybridized carbons (Fsp3) is 0.750. The zero-order valence-corrected chi connectivity index (χ0v) is 12.0. The Morgan fingerprint density at radius 1 is 1.29 bits per heavy atom. The minimum Gasteiger partial charge on any atom is -0.267 e. The maximum Gasteiger partial charge on any atom is 0.435 e. The second-order valence-electron chi connectivity index (χ2n) is 5.59. The van der Waals surface area contributed by atoms with Crippen molar-refractivity contribution in [3.05, 3.63) is 17.5 Å². The van der Waals surface area contributed by atoms with Crippen LogP contribution in [0.1, 0.15) is 43.0 Å². The third kappa shape index (κ3) is 3.39. The molecule has 1 N–H and O–H groups in total. The fourth-order valence-electron chi connectivity index (χ4n) is 2.25. The predicted molar refractivity (Wildman–Crippen MR) is 69.1 cm³/mol. The van der Waals surface area contributed by atoms with Gasteiger partial charge in [-0.25, -0.2) is 13.1 Å². The molecule has 2 saturated carbocycles. The molecule has 0 aromatic carbocycles. The molecule has 0 amide bonds. The standard InChI is InChI=1S/C12H16F3N3O2S/c13-12(14,15)11-7-10(8-1-2-8)18(17-11)6-5-16-21(19,20)9-3-4-9/h7-9,16H,1-6H2. The van der Waals surface area contributed by atoms with E-state index < -0.39 is 21.9 Å². The molecule has 21 heavy (non-hydrogen) atoms. The fourth-order valence-corrected chi connectivity index (χ4v) is 3.61. The number of nitrogens with one attached hydrogen (secondary N) is 1. The summed E-state index contributed by atoms with van der Waals surface area (Å²) in [5, 5.41) is 3.25. The number of nitrogens with zero attached hydrogens (tertiary/aromatic N) is 2. The molecule has 1 aromatic rings. The average Bonchev–Trinajstić information content (AvgIpc) is 3.25. The summed E-state index contributed by atoms with van der Waals surface area (Å²) in [5.41, 5.74) is -0.359. The summed E-state index contributed by atoms with van der Waals surface area (Å²) in [5.74, 6) is 0.119. The van der Waals surface area contributed by atoms with Gasteiger partial charge in [0.05, 0.1) is 11.8 Å². The number of alkyl halides is 3. The minimum atomic E-state index is -4.47. The maximum atomic E-state index is 12.7. The maximum absolute atomic E-state index is 12.7. The van der Waals surface area contributed by atoms with Crippen molar-refractivity contribution in [2.45, 2.75) is 49.6 Å². The number of halogens is 3. The van der Waals surface area contributed by atoms with Crippen LogP contribution in [0.4, 0.5) is 13.2 Å². The molecule has 3 rings (SSSR count). The van der Waals surface area contributed by atoms with Gasteiger partial charge in [0, 0.05) is 18.2 Å². The van der Waals surface area contributed by atoms with Gasteiger partial charge in [0.2, 0.25) is 10.0 Å². The van der Waals surface area contributed by atoms with E-state index in [1.807, 2.05) is 0 Å². The van der Waals surface area contributed by atoms with Gasteiger partial charge < -0.3 is 0 Å². The van der Waals surface area contributed by atoms with Gasteiger partial charge in [-0.05, 0) is 31.7 Å². The van der Waals surface area contributed by atoms with E-state index in [0.29, 0.717) is 18.5 Å². The molecule has 2 aliphatic rings. The van der Waals surface area contributed by atoms with E-state index >= 15 is 0 Å². The van der Waals surface area contributed by atoms with Gasteiger partial charge in [0.1, 0.15) is 0 Å². The lowest BCUT2D eigenvalue weighted by Gasteiger charge is -2.08. The third-order valence-corrected chi connectivity index (χ3v) is 5.64. The lowest BCUT2D eigenvalue weighted by molar-refractivity contribution is -0.141. The first-order valence-corrected chi connectivity index (χ1v) is 8.45. The molecule has 0 aliphatic heterocycles. The van der Waals surface area contributed by atoms with Crippen LogP contribution >= 0.6 is 0 Å². The number of hydrogen-bond donors (Lipinski definition) is 1. The highest BCUT2D eigenvalue weighted by Crippen LogP contribution is 2.42. The van der Waals surface area contributed by atoms with Crippen molar-refractivity contribution in [2.24, 2.45) is 0 Å². The molecule has 0 bridgehead atoms. The van der Waals surface area contributed by atoms with Crippen molar-refractivity contribution in [1.82, 2.24) is 14.5 Å². The van der Waals surface area contributed by atoms with Crippen LogP contribution in [0.3, 0.4) is 0 Å². The molecule has 0 saturated heterocycles. The molecule has 1 heterocycles. The molecule has 1 aromatic heterocycles. The normalized spacial score (nSPS) is 20.0. The first kappa shape index (κ1) is 14.8. The minimum absolute atomic E-state index is 0.0670. The summed E-state index contributed by atoms with van der Waals surface area (Å²) < 4.78 is 65.1. The molecule has 0 unspecified atom stereocenters. The predicted octanol–water partition coefficient (Wildman–Crippen LogP) is 1.86. The van der Waals surface area contributed by atoms with Crippen molar-refractivity contribution < 1.29 is 21.6 Å². The van der Waals surface area contributed by atoms with Gasteiger partial charge in [0.25, 0.3) is 0 Å². The lowest BCUT2D eigenvalue weighted by Crippen LogP contribution is -2.30. The van der Waals surface area contributed by atoms with E-state index in [-0.39, 0.29) is 24.3 Å². The van der Waals surface area contributed by atoms with Crippen LogP contribution in [0.25, 0.3) is 0 Å². The Labute approximate surface area is 120 Å². The van der Waals surface area contributed by atoms with E-state index in [1.54, 1.807) is 0 Å². The summed E-state index contributed by atoms with van der Waals surface area (Å²) in [7, 11) is -3.31. The smallest absolute Gasteiger partial charge is 0.267 e. The molecule has 2 fully saturated rings. The van der Waals surface area contributed by atoms with Gasteiger partial charge >= 0.3 is 6.18 Å². The first-order valence-electron chi connectivity index (χ1n) is 6.91. The van der Waals surface area contributed by atoms with Crippen LogP contribution < -0.4 is 4.72 Å². The van der Waals surface area contributed by atoms with Crippen molar-refractivity contribution in [2.75, 3.05) is 6.54 Å². The lowest BCUT2D eigenvalue weighted by atomic mass is 10.2. The van der Waals surface area contributed by atoms with Crippen molar-refractivity contribution in [3.8, 4) is 0 Å². The average molecular weight is 323 g/mol. The quantitative estimate of drug-likeness (QED) is 0.869. The Kier molecular flexibility index (Phi) is 3.52. The number of aromatic nitrogens is 2. The molecule has 5 nitrogen and oxygen atoms in total. The van der Waals surface area contributed by atoms with Crippen LogP contribution in [0.2, 0.25) is 0 Å². The first-order chi connectivity index (χ1) is 9.77. The molecule has 2 aliphatic carbocycles. The second kappa shape index (κ2) is 4.98. The summed E-state index contributed by atoms with van der Waals surface area (Å²) in [6.07, 6.45) is -1.44. The van der Waals surface area contributed by atoms with Crippen molar-refractivity contribution in [1.29, 1.82) is 0 Å². The van der Waals surface area contributed by atoms with E-state index in [2.05, 4.69) is 9.82 Å². The van der Waals surface area contributed by atoms with Crippen LogP contribution in [-0.4, -0.2) is 30.0 Å². The highest BCUT2D eigenvalue weighted by Gasteiger charge is 2.38. The van der Waals surface area contributed by atoms with Gasteiger partial charge in [-0.3, -0.25) is 4.68 Å². The largest absolute Gasteiger partial charge is 0.435 e. The van der Waals surface area contributed by atoms with Crippen molar-refractivity contribution >= 4 is 10.0 Å². The highest BCUT2D eigenvalue weighted by atomic mass is 32.2. The van der Waals surface area contributed by atoms with Crippen molar-refractivity contribution in [3.63, 3.8) is 0 Å². The van der Waals surface area contributed by atoms with E-state index in [0.717, 1.165) is 18.9 Å². The van der Waals surface area contributed by atoms with Gasteiger partial charge in [0.15, 0.2) is 5.69 Å². The number of sulfonamides is 1. The molecule has 9 heteroatoms. The van der Waals surface area contributed by atoms with Gasteiger partial charge in [-0.15, -0.1) is 0 Å². The Bertz CT molecular complexity index is 631. The zero-order chi connectivity index (χ0) is 15.3. The Morgan fingerprint density at radius 3 is 2.48 bits per heavy atom. The monoisotopic (exact) mass is 323 g/mol. The van der Waals surface area contributed by atoms with Gasteiger partial charge in [-0.2, -0.15) is 18.3 Å². The molecule has 0 spiro atoms. The summed E-state index contributed by atoms with van der Waals surface area (Å²) in [6.45, 7) is 0.186.